The molecule has 0 saturated carbocycles. The molecule has 0 aromatic heterocycles. The molecule has 1 amide bonds. The molecule has 0 saturated heterocycles. The lowest BCUT2D eigenvalue weighted by molar-refractivity contribution is -0.120. The van der Waals surface area contributed by atoms with Crippen LogP contribution in [0.15, 0.2) is 72.8 Å². The second-order valence-corrected chi connectivity index (χ2v) is 6.37. The van der Waals surface area contributed by atoms with Crippen molar-refractivity contribution in [1.82, 2.24) is 0 Å². The Morgan fingerprint density at radius 3 is 2.37 bits per heavy atom. The molecule has 4 nitrogen and oxygen atoms in total. The van der Waals surface area contributed by atoms with E-state index in [0.29, 0.717) is 12.3 Å². The Morgan fingerprint density at radius 1 is 0.926 bits per heavy atom. The van der Waals surface area contributed by atoms with Gasteiger partial charge >= 0.3 is 0 Å². The lowest BCUT2D eigenvalue weighted by Gasteiger charge is -2.24. The van der Waals surface area contributed by atoms with E-state index in [9.17, 15) is 9.18 Å². The number of nitrogens with two attached hydrogens (primary N) is 1. The molecule has 5 heteroatoms. The van der Waals surface area contributed by atoms with Crippen LogP contribution in [0.5, 0.6) is 5.75 Å². The number of nitrogens with zero attached hydrogens (tertiary/aromatic N) is 1. The molecule has 136 valence electrons. The van der Waals surface area contributed by atoms with Crippen LogP contribution in [0.2, 0.25) is 0 Å². The van der Waals surface area contributed by atoms with Crippen LogP contribution in [0.1, 0.15) is 11.6 Å². The van der Waals surface area contributed by atoms with Crippen LogP contribution in [-0.2, 0) is 4.79 Å². The average molecular weight is 362 g/mol. The Balaban J connectivity index is 1.63. The van der Waals surface area contributed by atoms with Gasteiger partial charge < -0.3 is 15.4 Å². The van der Waals surface area contributed by atoms with Crippen molar-refractivity contribution in [3.63, 3.8) is 0 Å². The molecule has 1 aliphatic heterocycles. The molecule has 1 heterocycles. The van der Waals surface area contributed by atoms with Crippen molar-refractivity contribution >= 4 is 11.6 Å². The van der Waals surface area contributed by atoms with E-state index in [-0.39, 0.29) is 18.3 Å². The smallest absolute Gasteiger partial charge is 0.248 e. The fourth-order valence-corrected chi connectivity index (χ4v) is 3.39. The van der Waals surface area contributed by atoms with Crippen LogP contribution in [0.25, 0.3) is 11.1 Å². The molecule has 0 bridgehead atoms. The Kier molecular flexibility index (Phi) is 4.60. The van der Waals surface area contributed by atoms with E-state index in [1.807, 2.05) is 48.5 Å². The molecule has 4 rings (SSSR count). The number of fused-ring (bicyclic) bond motifs is 3. The summed E-state index contributed by atoms with van der Waals surface area (Å²) < 4.78 is 18.7. The zero-order valence-corrected chi connectivity index (χ0v) is 14.6. The number of carbonyl (C=O) groups is 1. The van der Waals surface area contributed by atoms with Crippen molar-refractivity contribution in [3.8, 4) is 16.9 Å². The van der Waals surface area contributed by atoms with Crippen LogP contribution in [0, 0.1) is 5.82 Å². The van der Waals surface area contributed by atoms with Crippen molar-refractivity contribution in [2.45, 2.75) is 6.04 Å². The van der Waals surface area contributed by atoms with Crippen LogP contribution >= 0.6 is 0 Å². The standard InChI is InChI=1S/C22H19FN2O2/c23-15-9-11-16(12-10-15)27-14-13-25-20-8-4-3-6-18(20)17-5-1-2-7-19(17)21(24)22(25)26/h1-12,21H,13-14,24H2/t21-/m0/s1. The molecular weight excluding hydrogens is 343 g/mol. The topological polar surface area (TPSA) is 55.6 Å². The van der Waals surface area contributed by atoms with E-state index in [4.69, 9.17) is 10.5 Å². The van der Waals surface area contributed by atoms with Gasteiger partial charge in [0, 0.05) is 5.56 Å². The van der Waals surface area contributed by atoms with Gasteiger partial charge in [-0.05, 0) is 41.5 Å². The third kappa shape index (κ3) is 3.29. The highest BCUT2D eigenvalue weighted by atomic mass is 19.1. The van der Waals surface area contributed by atoms with Crippen molar-refractivity contribution in [3.05, 3.63) is 84.2 Å². The summed E-state index contributed by atoms with van der Waals surface area (Å²) in [6, 6.07) is 20.6. The molecule has 1 atom stereocenters. The summed E-state index contributed by atoms with van der Waals surface area (Å²) in [5, 5.41) is 0. The largest absolute Gasteiger partial charge is 0.492 e. The predicted molar refractivity (Wildman–Crippen MR) is 103 cm³/mol. The quantitative estimate of drug-likeness (QED) is 0.765. The van der Waals surface area contributed by atoms with E-state index < -0.39 is 6.04 Å². The van der Waals surface area contributed by atoms with Gasteiger partial charge in [-0.25, -0.2) is 4.39 Å². The van der Waals surface area contributed by atoms with Crippen molar-refractivity contribution in [1.29, 1.82) is 0 Å². The lowest BCUT2D eigenvalue weighted by atomic mass is 9.96. The zero-order valence-electron chi connectivity index (χ0n) is 14.6. The first-order chi connectivity index (χ1) is 13.1. The molecule has 0 spiro atoms. The Bertz CT molecular complexity index is 972. The average Bonchev–Trinajstić information content (AvgIpc) is 2.79. The number of hydrogen-bond acceptors (Lipinski definition) is 3. The summed E-state index contributed by atoms with van der Waals surface area (Å²) >= 11 is 0. The molecule has 0 aliphatic carbocycles. The first-order valence-electron chi connectivity index (χ1n) is 8.79. The van der Waals surface area contributed by atoms with Crippen LogP contribution in [0.4, 0.5) is 10.1 Å². The molecule has 27 heavy (non-hydrogen) atoms. The van der Waals surface area contributed by atoms with Gasteiger partial charge in [-0.3, -0.25) is 4.79 Å². The van der Waals surface area contributed by atoms with Gasteiger partial charge in [0.25, 0.3) is 0 Å². The third-order valence-corrected chi connectivity index (χ3v) is 4.71. The molecule has 3 aromatic carbocycles. The Morgan fingerprint density at radius 2 is 1.59 bits per heavy atom. The van der Waals surface area contributed by atoms with Crippen molar-refractivity contribution in [2.75, 3.05) is 18.1 Å². The summed E-state index contributed by atoms with van der Waals surface area (Å²) in [6.07, 6.45) is 0. The monoisotopic (exact) mass is 362 g/mol. The summed E-state index contributed by atoms with van der Waals surface area (Å²) in [7, 11) is 0. The van der Waals surface area contributed by atoms with Crippen molar-refractivity contribution < 1.29 is 13.9 Å². The van der Waals surface area contributed by atoms with Crippen LogP contribution < -0.4 is 15.4 Å². The maximum atomic E-state index is 13.1. The molecular formula is C22H19FN2O2. The number of carbonyl (C=O) groups excluding carboxylic acids is 1. The molecule has 1 aliphatic rings. The van der Waals surface area contributed by atoms with E-state index in [0.717, 1.165) is 22.4 Å². The Labute approximate surface area is 157 Å². The summed E-state index contributed by atoms with van der Waals surface area (Å²) in [4.78, 5) is 14.7. The maximum Gasteiger partial charge on any atom is 0.248 e. The highest BCUT2D eigenvalue weighted by Gasteiger charge is 2.31. The van der Waals surface area contributed by atoms with Gasteiger partial charge in [0.05, 0.1) is 12.2 Å². The molecule has 0 radical (unpaired) electrons. The number of hydrogen-bond donors (Lipinski definition) is 1. The van der Waals surface area contributed by atoms with E-state index in [1.165, 1.54) is 12.1 Å². The number of amides is 1. The first-order valence-corrected chi connectivity index (χ1v) is 8.79. The van der Waals surface area contributed by atoms with Crippen LogP contribution in [0.3, 0.4) is 0 Å². The Hall–Kier alpha value is -3.18. The van der Waals surface area contributed by atoms with Gasteiger partial charge in [0.1, 0.15) is 24.2 Å². The summed E-state index contributed by atoms with van der Waals surface area (Å²) in [6.45, 7) is 0.615. The highest BCUT2D eigenvalue weighted by molar-refractivity contribution is 6.04. The number of benzene rings is 3. The van der Waals surface area contributed by atoms with E-state index in [2.05, 4.69) is 0 Å². The van der Waals surface area contributed by atoms with Gasteiger partial charge in [-0.1, -0.05) is 42.5 Å². The van der Waals surface area contributed by atoms with Gasteiger partial charge in [-0.2, -0.15) is 0 Å². The van der Waals surface area contributed by atoms with Crippen LogP contribution in [-0.4, -0.2) is 19.1 Å². The van der Waals surface area contributed by atoms with E-state index >= 15 is 0 Å². The minimum Gasteiger partial charge on any atom is -0.492 e. The number of para-hydroxylation sites is 1. The maximum absolute atomic E-state index is 13.1. The zero-order chi connectivity index (χ0) is 18.8. The fourth-order valence-electron chi connectivity index (χ4n) is 3.39. The third-order valence-electron chi connectivity index (χ3n) is 4.71. The second-order valence-electron chi connectivity index (χ2n) is 6.37. The minimum atomic E-state index is -0.737. The number of anilines is 1. The normalized spacial score (nSPS) is 15.7. The second kappa shape index (κ2) is 7.21. The number of rotatable bonds is 4. The number of ether oxygens (including phenoxy) is 1. The first kappa shape index (κ1) is 17.2. The SMILES string of the molecule is N[C@@H]1C(=O)N(CCOc2ccc(F)cc2)c2ccccc2-c2ccccc21. The molecule has 0 fully saturated rings. The molecule has 3 aromatic rings. The lowest BCUT2D eigenvalue weighted by Crippen LogP contribution is -2.40. The fraction of sp³-hybridized carbons (Fsp3) is 0.136. The highest BCUT2D eigenvalue weighted by Crippen LogP contribution is 2.39. The van der Waals surface area contributed by atoms with Crippen molar-refractivity contribution in [2.24, 2.45) is 5.73 Å². The summed E-state index contributed by atoms with van der Waals surface area (Å²) in [5.74, 6) is 0.0670. The van der Waals surface area contributed by atoms with Gasteiger partial charge in [0.2, 0.25) is 5.91 Å². The minimum absolute atomic E-state index is 0.171. The van der Waals surface area contributed by atoms with E-state index in [1.54, 1.807) is 17.0 Å². The molecule has 0 unspecified atom stereocenters. The van der Waals surface area contributed by atoms with Gasteiger partial charge in [0.15, 0.2) is 0 Å². The number of halogens is 1. The predicted octanol–water partition coefficient (Wildman–Crippen LogP) is 3.92. The molecule has 2 N–H and O–H groups in total. The summed E-state index contributed by atoms with van der Waals surface area (Å²) in [5.41, 5.74) is 9.85. The van der Waals surface area contributed by atoms with Gasteiger partial charge in [-0.15, -0.1) is 0 Å².